The first-order valence-corrected chi connectivity index (χ1v) is 9.49. The van der Waals surface area contributed by atoms with Gasteiger partial charge in [0.25, 0.3) is 5.56 Å². The molecule has 0 bridgehead atoms. The molecule has 4 aromatic rings. The number of nitrogens with one attached hydrogen (secondary N) is 1. The molecule has 0 saturated heterocycles. The molecule has 0 aliphatic heterocycles. The average Bonchev–Trinajstić information content (AvgIpc) is 3.29. The van der Waals surface area contributed by atoms with Gasteiger partial charge in [0.1, 0.15) is 5.75 Å². The number of fused-ring (bicyclic) bond motifs is 1. The molecule has 0 fully saturated rings. The van der Waals surface area contributed by atoms with Gasteiger partial charge in [-0.25, -0.2) is 4.98 Å². The van der Waals surface area contributed by atoms with Gasteiger partial charge >= 0.3 is 0 Å². The van der Waals surface area contributed by atoms with Gasteiger partial charge in [-0.2, -0.15) is 4.68 Å². The number of thiazole rings is 1. The van der Waals surface area contributed by atoms with Crippen molar-refractivity contribution >= 4 is 27.8 Å². The molecular weight excluding hydrogens is 376 g/mol. The minimum absolute atomic E-state index is 0.0785. The zero-order chi connectivity index (χ0) is 19.5. The normalized spacial score (nSPS) is 11.5. The summed E-state index contributed by atoms with van der Waals surface area (Å²) in [5, 5.41) is 12.7. The molecule has 0 atom stereocenters. The van der Waals surface area contributed by atoms with E-state index in [4.69, 9.17) is 9.84 Å². The highest BCUT2D eigenvalue weighted by atomic mass is 32.1. The molecule has 7 nitrogen and oxygen atoms in total. The third-order valence-corrected chi connectivity index (χ3v) is 5.25. The molecule has 4 rings (SSSR count). The highest BCUT2D eigenvalue weighted by Crippen LogP contribution is 2.26. The van der Waals surface area contributed by atoms with Crippen molar-refractivity contribution in [1.82, 2.24) is 14.8 Å². The lowest BCUT2D eigenvalue weighted by Crippen LogP contribution is -2.17. The Balaban J connectivity index is 1.86. The molecule has 0 amide bonds. The molecule has 0 saturated carbocycles. The van der Waals surface area contributed by atoms with Crippen molar-refractivity contribution in [1.29, 1.82) is 0 Å². The summed E-state index contributed by atoms with van der Waals surface area (Å²) in [5.74, 6) is 0.729. The van der Waals surface area contributed by atoms with Crippen LogP contribution in [0.2, 0.25) is 0 Å². The van der Waals surface area contributed by atoms with Crippen molar-refractivity contribution in [2.24, 2.45) is 4.99 Å². The van der Waals surface area contributed by atoms with Gasteiger partial charge in [-0.05, 0) is 36.4 Å². The van der Waals surface area contributed by atoms with E-state index in [1.54, 1.807) is 7.11 Å². The fraction of sp³-hybridized carbons (Fsp3) is 0.150. The van der Waals surface area contributed by atoms with E-state index < -0.39 is 0 Å². The molecule has 0 spiro atoms. The lowest BCUT2D eigenvalue weighted by molar-refractivity contribution is 0.307. The van der Waals surface area contributed by atoms with Gasteiger partial charge in [-0.3, -0.25) is 14.9 Å². The van der Waals surface area contributed by atoms with Gasteiger partial charge in [0.05, 0.1) is 41.7 Å². The molecular formula is C20H18N4O3S. The van der Waals surface area contributed by atoms with E-state index in [0.717, 1.165) is 21.5 Å². The number of ether oxygens (including phenoxy) is 1. The number of nitrogens with zero attached hydrogens (tertiary/aromatic N) is 3. The van der Waals surface area contributed by atoms with Crippen LogP contribution < -0.4 is 10.3 Å². The molecule has 0 aliphatic rings. The zero-order valence-corrected chi connectivity index (χ0v) is 15.9. The topological polar surface area (TPSA) is 92.5 Å². The first-order valence-electron chi connectivity index (χ1n) is 8.67. The Labute approximate surface area is 164 Å². The summed E-state index contributed by atoms with van der Waals surface area (Å²) >= 11 is 1.43. The Bertz CT molecular complexity index is 1160. The van der Waals surface area contributed by atoms with E-state index in [2.05, 4.69) is 15.1 Å². The number of hydrogen-bond acceptors (Lipinski definition) is 6. The van der Waals surface area contributed by atoms with E-state index in [9.17, 15) is 4.79 Å². The number of rotatable bonds is 6. The lowest BCUT2D eigenvalue weighted by Gasteiger charge is -2.02. The number of H-pyrrole nitrogens is 1. The predicted octanol–water partition coefficient (Wildman–Crippen LogP) is 2.86. The highest BCUT2D eigenvalue weighted by molar-refractivity contribution is 7.20. The molecule has 0 aliphatic carbocycles. The van der Waals surface area contributed by atoms with E-state index >= 15 is 0 Å². The van der Waals surface area contributed by atoms with Crippen molar-refractivity contribution in [3.05, 3.63) is 64.4 Å². The number of hydrogen-bond donors (Lipinski definition) is 2. The first kappa shape index (κ1) is 18.1. The van der Waals surface area contributed by atoms with Crippen molar-refractivity contribution < 1.29 is 9.84 Å². The van der Waals surface area contributed by atoms with Crippen LogP contribution in [0.1, 0.15) is 5.56 Å². The van der Waals surface area contributed by atoms with Gasteiger partial charge in [0.2, 0.25) is 5.13 Å². The SMILES string of the molecule is COc1ccc(-c2[nH]n(-c3nc4ccccc4s3)c(=O)c2C=NCCO)cc1. The number of aliphatic hydroxyl groups is 1. The minimum Gasteiger partial charge on any atom is -0.497 e. The summed E-state index contributed by atoms with van der Waals surface area (Å²) < 4.78 is 7.64. The molecule has 2 aromatic heterocycles. The van der Waals surface area contributed by atoms with Gasteiger partial charge in [0.15, 0.2) is 0 Å². The van der Waals surface area contributed by atoms with E-state index in [1.807, 2.05) is 48.5 Å². The van der Waals surface area contributed by atoms with Crippen LogP contribution in [-0.4, -0.2) is 46.3 Å². The fourth-order valence-electron chi connectivity index (χ4n) is 2.85. The van der Waals surface area contributed by atoms with E-state index in [0.29, 0.717) is 16.4 Å². The summed E-state index contributed by atoms with van der Waals surface area (Å²) in [6.07, 6.45) is 1.50. The number of aromatic amines is 1. The monoisotopic (exact) mass is 394 g/mol. The number of benzene rings is 2. The number of aliphatic hydroxyl groups excluding tert-OH is 1. The zero-order valence-electron chi connectivity index (χ0n) is 15.1. The van der Waals surface area contributed by atoms with E-state index in [-0.39, 0.29) is 18.7 Å². The van der Waals surface area contributed by atoms with Gasteiger partial charge < -0.3 is 9.84 Å². The molecule has 2 heterocycles. The molecule has 2 aromatic carbocycles. The summed E-state index contributed by atoms with van der Waals surface area (Å²) in [5.41, 5.74) is 2.46. The summed E-state index contributed by atoms with van der Waals surface area (Å²) in [6, 6.07) is 15.1. The third kappa shape index (κ3) is 3.35. The quantitative estimate of drug-likeness (QED) is 0.492. The number of aromatic nitrogens is 3. The molecule has 142 valence electrons. The maximum absolute atomic E-state index is 13.1. The second-order valence-electron chi connectivity index (χ2n) is 5.99. The molecule has 28 heavy (non-hydrogen) atoms. The molecule has 2 N–H and O–H groups in total. The van der Waals surface area contributed by atoms with Crippen molar-refractivity contribution in [3.8, 4) is 22.1 Å². The summed E-state index contributed by atoms with van der Waals surface area (Å²) in [7, 11) is 1.60. The maximum atomic E-state index is 13.1. The van der Waals surface area contributed by atoms with Gasteiger partial charge in [0, 0.05) is 11.8 Å². The Morgan fingerprint density at radius 2 is 2.04 bits per heavy atom. The maximum Gasteiger partial charge on any atom is 0.282 e. The van der Waals surface area contributed by atoms with Gasteiger partial charge in [-0.15, -0.1) is 0 Å². The highest BCUT2D eigenvalue weighted by Gasteiger charge is 2.17. The van der Waals surface area contributed by atoms with Crippen LogP contribution in [0.15, 0.2) is 58.3 Å². The second-order valence-corrected chi connectivity index (χ2v) is 7.00. The molecule has 8 heteroatoms. The van der Waals surface area contributed by atoms with Crippen molar-refractivity contribution in [2.45, 2.75) is 0 Å². The van der Waals surface area contributed by atoms with Crippen molar-refractivity contribution in [3.63, 3.8) is 0 Å². The van der Waals surface area contributed by atoms with Crippen LogP contribution in [0.25, 0.3) is 26.6 Å². The Hall–Kier alpha value is -3.23. The smallest absolute Gasteiger partial charge is 0.282 e. The Kier molecular flexibility index (Phi) is 5.05. The Morgan fingerprint density at radius 3 is 2.75 bits per heavy atom. The summed E-state index contributed by atoms with van der Waals surface area (Å²) in [4.78, 5) is 21.8. The number of aliphatic imine (C=N–C) groups is 1. The second kappa shape index (κ2) is 7.79. The van der Waals surface area contributed by atoms with Crippen LogP contribution in [0.4, 0.5) is 0 Å². The Morgan fingerprint density at radius 1 is 1.25 bits per heavy atom. The molecule has 0 unspecified atom stereocenters. The number of methoxy groups -OCH3 is 1. The predicted molar refractivity (Wildman–Crippen MR) is 111 cm³/mol. The number of para-hydroxylation sites is 1. The average molecular weight is 394 g/mol. The van der Waals surface area contributed by atoms with Crippen LogP contribution in [0, 0.1) is 0 Å². The summed E-state index contributed by atoms with van der Waals surface area (Å²) in [6.45, 7) is 0.151. The third-order valence-electron chi connectivity index (χ3n) is 4.23. The lowest BCUT2D eigenvalue weighted by atomic mass is 10.1. The minimum atomic E-state index is -0.244. The van der Waals surface area contributed by atoms with Crippen LogP contribution in [0.3, 0.4) is 0 Å². The molecule has 0 radical (unpaired) electrons. The van der Waals surface area contributed by atoms with Crippen LogP contribution in [-0.2, 0) is 0 Å². The van der Waals surface area contributed by atoms with Crippen molar-refractivity contribution in [2.75, 3.05) is 20.3 Å². The van der Waals surface area contributed by atoms with Gasteiger partial charge in [-0.1, -0.05) is 23.5 Å². The first-order chi connectivity index (χ1) is 13.7. The van der Waals surface area contributed by atoms with Crippen LogP contribution in [0.5, 0.6) is 5.75 Å². The largest absolute Gasteiger partial charge is 0.497 e. The van der Waals surface area contributed by atoms with Crippen LogP contribution >= 0.6 is 11.3 Å². The van der Waals surface area contributed by atoms with E-state index in [1.165, 1.54) is 22.2 Å². The fourth-order valence-corrected chi connectivity index (χ4v) is 3.78. The standard InChI is InChI=1S/C20H18N4O3S/c1-27-14-8-6-13(7-9-14)18-15(12-21-10-11-25)19(26)24(23-18)20-22-16-4-2-3-5-17(16)28-20/h2-9,12,23,25H,10-11H2,1H3.